The number of amides is 1. The summed E-state index contributed by atoms with van der Waals surface area (Å²) in [6, 6.07) is 7.46. The average molecular weight is 620 g/mol. The number of likely N-dealkylation sites (tertiary alicyclic amines) is 1. The zero-order chi connectivity index (χ0) is 32.5. The van der Waals surface area contributed by atoms with E-state index in [0.717, 1.165) is 38.0 Å². The van der Waals surface area contributed by atoms with E-state index >= 15 is 0 Å². The van der Waals surface area contributed by atoms with Crippen LogP contribution in [0, 0.1) is 11.8 Å². The highest BCUT2D eigenvalue weighted by Crippen LogP contribution is 2.54. The Morgan fingerprint density at radius 3 is 2.40 bits per heavy atom. The minimum atomic E-state index is -2.95. The standard InChI is InChI=1S/C33H37N3O9/c1-35(2)26-25-27(38)19-13-18-16(17-12-15(6-9-21(17)45-3)14-36-10-4-5-11-36)7-8-20(37)22(18)28(39)23(19)30(41)33(25,44)31(42)24(29(26)40)32(34)43/h6-9,12,19,25-27,37-39,42,44H,4-5,10-11,13-14H2,1-3H3,(H2,34,43)/t19-,25-,26+,27+,33+/m1/s1. The van der Waals surface area contributed by atoms with Gasteiger partial charge in [0.2, 0.25) is 5.78 Å². The predicted octanol–water partition coefficient (Wildman–Crippen LogP) is 1.21. The third-order valence-corrected chi connectivity index (χ3v) is 9.85. The first kappa shape index (κ1) is 30.8. The minimum absolute atomic E-state index is 0.0667. The molecule has 1 saturated carbocycles. The number of phenols is 1. The van der Waals surface area contributed by atoms with Gasteiger partial charge in [0.05, 0.1) is 30.7 Å². The molecule has 1 amide bonds. The van der Waals surface area contributed by atoms with Gasteiger partial charge >= 0.3 is 0 Å². The van der Waals surface area contributed by atoms with E-state index in [1.807, 2.05) is 18.2 Å². The van der Waals surface area contributed by atoms with Gasteiger partial charge in [-0.05, 0) is 81.3 Å². The SMILES string of the molecule is COc1ccc(CN2CCCC2)cc1-c1ccc(O)c2c1C[C@@H]1C(=C2O)C(=O)[C@]2(O)C(O)=C(C(N)=O)C(=O)[C@@H](N(C)C)[C@@H]2[C@H]1O. The number of rotatable bonds is 6. The molecule has 0 bridgehead atoms. The van der Waals surface area contributed by atoms with Crippen molar-refractivity contribution in [3.05, 3.63) is 63.9 Å². The first-order valence-electron chi connectivity index (χ1n) is 14.9. The number of nitrogens with zero attached hydrogens (tertiary/aromatic N) is 2. The maximum atomic E-state index is 14.1. The quantitative estimate of drug-likeness (QED) is 0.255. The summed E-state index contributed by atoms with van der Waals surface area (Å²) < 4.78 is 5.69. The molecule has 3 aliphatic carbocycles. The maximum Gasteiger partial charge on any atom is 0.255 e. The number of likely N-dealkylation sites (N-methyl/N-ethyl adjacent to an activating group) is 1. The smallest absolute Gasteiger partial charge is 0.255 e. The lowest BCUT2D eigenvalue weighted by molar-refractivity contribution is -0.168. The van der Waals surface area contributed by atoms with Crippen molar-refractivity contribution < 1.29 is 44.7 Å². The van der Waals surface area contributed by atoms with E-state index in [1.54, 1.807) is 6.07 Å². The fraction of sp³-hybridized carbons (Fsp3) is 0.424. The number of hydrogen-bond donors (Lipinski definition) is 6. The van der Waals surface area contributed by atoms with Gasteiger partial charge in [-0.15, -0.1) is 0 Å². The van der Waals surface area contributed by atoms with Gasteiger partial charge in [-0.1, -0.05) is 12.1 Å². The number of hydrogen-bond acceptors (Lipinski definition) is 11. The van der Waals surface area contributed by atoms with Crippen LogP contribution < -0.4 is 10.5 Å². The van der Waals surface area contributed by atoms with Crippen LogP contribution in [-0.2, 0) is 27.3 Å². The summed E-state index contributed by atoms with van der Waals surface area (Å²) >= 11 is 0. The average Bonchev–Trinajstić information content (AvgIpc) is 3.50. The number of aliphatic hydroxyl groups is 4. The summed E-state index contributed by atoms with van der Waals surface area (Å²) in [4.78, 5) is 43.5. The van der Waals surface area contributed by atoms with Crippen LogP contribution in [0.4, 0.5) is 0 Å². The fourth-order valence-electron chi connectivity index (χ4n) is 7.77. The Labute approximate surface area is 259 Å². The molecular formula is C33H37N3O9. The molecule has 12 nitrogen and oxygen atoms in total. The molecule has 6 rings (SSSR count). The molecule has 0 aromatic heterocycles. The number of benzene rings is 2. The Morgan fingerprint density at radius 1 is 1.09 bits per heavy atom. The number of Topliss-reactive ketones (excluding diaryl/α,β-unsaturated/α-hetero) is 2. The van der Waals surface area contributed by atoms with Crippen molar-refractivity contribution >= 4 is 23.2 Å². The fourth-order valence-corrected chi connectivity index (χ4v) is 7.77. The first-order valence-corrected chi connectivity index (χ1v) is 14.9. The van der Waals surface area contributed by atoms with Crippen LogP contribution in [-0.4, -0.2) is 105 Å². The third-order valence-electron chi connectivity index (χ3n) is 9.85. The lowest BCUT2D eigenvalue weighted by Gasteiger charge is -2.52. The molecule has 2 aromatic rings. The minimum Gasteiger partial charge on any atom is -0.508 e. The Balaban J connectivity index is 1.54. The number of ether oxygens (including phenoxy) is 1. The predicted molar refractivity (Wildman–Crippen MR) is 162 cm³/mol. The number of methoxy groups -OCH3 is 1. The number of aromatic hydroxyl groups is 1. The Bertz CT molecular complexity index is 1690. The maximum absolute atomic E-state index is 14.1. The van der Waals surface area contributed by atoms with Crippen molar-refractivity contribution in [2.24, 2.45) is 17.6 Å². The van der Waals surface area contributed by atoms with Crippen LogP contribution in [0.3, 0.4) is 0 Å². The number of aliphatic hydroxyl groups excluding tert-OH is 3. The molecule has 5 atom stereocenters. The van der Waals surface area contributed by atoms with E-state index < -0.39 is 69.7 Å². The molecule has 1 aliphatic heterocycles. The van der Waals surface area contributed by atoms with E-state index in [1.165, 1.54) is 32.2 Å². The Kier molecular flexibility index (Phi) is 7.51. The molecule has 12 heteroatoms. The molecule has 45 heavy (non-hydrogen) atoms. The number of carbonyl (C=O) groups excluding carboxylic acids is 3. The molecule has 1 saturated heterocycles. The molecular weight excluding hydrogens is 582 g/mol. The van der Waals surface area contributed by atoms with Crippen molar-refractivity contribution in [1.82, 2.24) is 9.80 Å². The van der Waals surface area contributed by atoms with Crippen LogP contribution in [0.15, 0.2) is 47.2 Å². The molecule has 1 heterocycles. The van der Waals surface area contributed by atoms with Gasteiger partial charge in [0.1, 0.15) is 28.6 Å². The molecule has 238 valence electrons. The Morgan fingerprint density at radius 2 is 1.78 bits per heavy atom. The summed E-state index contributed by atoms with van der Waals surface area (Å²) in [5.41, 5.74) is 3.71. The van der Waals surface area contributed by atoms with Crippen LogP contribution in [0.25, 0.3) is 16.9 Å². The molecule has 0 spiro atoms. The van der Waals surface area contributed by atoms with Gasteiger partial charge in [0, 0.05) is 23.6 Å². The molecule has 7 N–H and O–H groups in total. The number of carbonyl (C=O) groups is 3. The number of fused-ring (bicyclic) bond motifs is 3. The normalized spacial score (nSPS) is 28.3. The number of phenolic OH excluding ortho intramolecular Hbond substituents is 1. The summed E-state index contributed by atoms with van der Waals surface area (Å²) in [7, 11) is 4.48. The van der Waals surface area contributed by atoms with Crippen LogP contribution >= 0.6 is 0 Å². The lowest BCUT2D eigenvalue weighted by Crippen LogP contribution is -2.70. The van der Waals surface area contributed by atoms with Crippen LogP contribution in [0.1, 0.15) is 29.5 Å². The van der Waals surface area contributed by atoms with Gasteiger partial charge in [-0.25, -0.2) is 0 Å². The van der Waals surface area contributed by atoms with E-state index in [9.17, 15) is 39.9 Å². The molecule has 0 unspecified atom stereocenters. The Hall–Kier alpha value is -4.23. The van der Waals surface area contributed by atoms with Crippen LogP contribution in [0.5, 0.6) is 11.5 Å². The summed E-state index contributed by atoms with van der Waals surface area (Å²) in [6.07, 6.45) is 0.542. The van der Waals surface area contributed by atoms with Crippen molar-refractivity contribution in [2.75, 3.05) is 34.3 Å². The highest BCUT2D eigenvalue weighted by atomic mass is 16.5. The summed E-state index contributed by atoms with van der Waals surface area (Å²) in [6.45, 7) is 2.73. The highest BCUT2D eigenvalue weighted by molar-refractivity contribution is 6.24. The first-order chi connectivity index (χ1) is 21.3. The molecule has 4 aliphatic rings. The van der Waals surface area contributed by atoms with Gasteiger partial charge in [0.15, 0.2) is 11.4 Å². The topological polar surface area (TPSA) is 194 Å². The molecule has 2 fully saturated rings. The lowest BCUT2D eigenvalue weighted by atomic mass is 9.56. The van der Waals surface area contributed by atoms with E-state index in [-0.39, 0.29) is 17.7 Å². The van der Waals surface area contributed by atoms with Gasteiger partial charge < -0.3 is 36.0 Å². The summed E-state index contributed by atoms with van der Waals surface area (Å²) in [5.74, 6) is -8.01. The second-order valence-electron chi connectivity index (χ2n) is 12.5. The van der Waals surface area contributed by atoms with Crippen molar-refractivity contribution in [1.29, 1.82) is 0 Å². The largest absolute Gasteiger partial charge is 0.508 e. The van der Waals surface area contributed by atoms with Crippen molar-refractivity contribution in [3.8, 4) is 22.6 Å². The van der Waals surface area contributed by atoms with Crippen molar-refractivity contribution in [3.63, 3.8) is 0 Å². The monoisotopic (exact) mass is 619 g/mol. The zero-order valence-corrected chi connectivity index (χ0v) is 25.3. The number of primary amides is 1. The number of ketones is 2. The van der Waals surface area contributed by atoms with E-state index in [2.05, 4.69) is 4.90 Å². The molecule has 2 aromatic carbocycles. The van der Waals surface area contributed by atoms with Crippen molar-refractivity contribution in [2.45, 2.75) is 43.6 Å². The van der Waals surface area contributed by atoms with Gasteiger partial charge in [-0.3, -0.25) is 24.2 Å². The number of nitrogens with two attached hydrogens (primary N) is 1. The van der Waals surface area contributed by atoms with E-state index in [4.69, 9.17) is 10.5 Å². The second kappa shape index (κ2) is 11.0. The zero-order valence-electron chi connectivity index (χ0n) is 25.3. The van der Waals surface area contributed by atoms with E-state index in [0.29, 0.717) is 22.4 Å². The third kappa shape index (κ3) is 4.46. The van der Waals surface area contributed by atoms with Gasteiger partial charge in [-0.2, -0.15) is 0 Å². The molecule has 0 radical (unpaired) electrons. The van der Waals surface area contributed by atoms with Gasteiger partial charge in [0.25, 0.3) is 5.91 Å². The highest BCUT2D eigenvalue weighted by Gasteiger charge is 2.67. The van der Waals surface area contributed by atoms with Crippen LogP contribution in [0.2, 0.25) is 0 Å². The summed E-state index contributed by atoms with van der Waals surface area (Å²) in [5, 5.41) is 57.4. The second-order valence-corrected chi connectivity index (χ2v) is 12.5.